The average molecular weight is 503 g/mol. The van der Waals surface area contributed by atoms with Gasteiger partial charge in [0.2, 0.25) is 0 Å². The van der Waals surface area contributed by atoms with Crippen molar-refractivity contribution in [2.24, 2.45) is 7.05 Å². The van der Waals surface area contributed by atoms with Crippen LogP contribution in [-0.2, 0) is 16.9 Å². The van der Waals surface area contributed by atoms with Crippen molar-refractivity contribution >= 4 is 26.6 Å². The lowest BCUT2D eigenvalue weighted by molar-refractivity contribution is 0.148. The summed E-state index contributed by atoms with van der Waals surface area (Å²) < 4.78 is 25.7. The van der Waals surface area contributed by atoms with Crippen LogP contribution in [0.2, 0.25) is 0 Å². The van der Waals surface area contributed by atoms with Crippen LogP contribution in [0.15, 0.2) is 71.8 Å². The van der Waals surface area contributed by atoms with Crippen molar-refractivity contribution in [3.8, 4) is 22.4 Å². The number of piperazine rings is 1. The monoisotopic (exact) mass is 502 g/mol. The van der Waals surface area contributed by atoms with Crippen LogP contribution in [0.3, 0.4) is 0 Å². The third-order valence-corrected chi connectivity index (χ3v) is 8.51. The normalized spacial score (nSPS) is 17.3. The average Bonchev–Trinajstić information content (AvgIpc) is 3.19. The smallest absolute Gasteiger partial charge is 0.175 e. The first-order valence-corrected chi connectivity index (χ1v) is 14.4. The Hall–Kier alpha value is -3.16. The molecule has 1 unspecified atom stereocenters. The molecule has 3 heterocycles. The van der Waals surface area contributed by atoms with E-state index in [9.17, 15) is 8.42 Å². The van der Waals surface area contributed by atoms with E-state index in [1.165, 1.54) is 11.9 Å². The van der Waals surface area contributed by atoms with Gasteiger partial charge in [0.15, 0.2) is 9.84 Å². The Morgan fingerprint density at radius 3 is 2.19 bits per heavy atom. The van der Waals surface area contributed by atoms with Gasteiger partial charge in [-0.15, -0.1) is 0 Å². The van der Waals surface area contributed by atoms with Crippen LogP contribution in [0.1, 0.15) is 20.8 Å². The van der Waals surface area contributed by atoms with Crippen LogP contribution in [0, 0.1) is 0 Å². The van der Waals surface area contributed by atoms with E-state index in [1.807, 2.05) is 25.4 Å². The maximum absolute atomic E-state index is 11.8. The molecule has 0 aliphatic carbocycles. The van der Waals surface area contributed by atoms with Gasteiger partial charge in [0.05, 0.1) is 21.6 Å². The third kappa shape index (κ3) is 4.65. The van der Waals surface area contributed by atoms with Crippen LogP contribution in [0.4, 0.5) is 5.69 Å². The first-order chi connectivity index (χ1) is 17.1. The Balaban J connectivity index is 1.39. The van der Waals surface area contributed by atoms with E-state index < -0.39 is 9.84 Å². The Morgan fingerprint density at radius 2 is 1.58 bits per heavy atom. The number of benzene rings is 2. The number of anilines is 1. The summed E-state index contributed by atoms with van der Waals surface area (Å²) in [7, 11) is -1.19. The van der Waals surface area contributed by atoms with E-state index in [-0.39, 0.29) is 0 Å². The molecule has 1 atom stereocenters. The lowest BCUT2D eigenvalue weighted by Gasteiger charge is -2.43. The SMILES string of the molecule is CC(C)N1CCN(c2ccc(-c3cnc4cc(-c5ccc(S(C)(=O)=O)cc5)n(C)c4c3)cc2)CC1C. The van der Waals surface area contributed by atoms with Gasteiger partial charge in [-0.1, -0.05) is 24.3 Å². The molecule has 188 valence electrons. The summed E-state index contributed by atoms with van der Waals surface area (Å²) in [6.07, 6.45) is 3.15. The number of fused-ring (bicyclic) bond motifs is 1. The van der Waals surface area contributed by atoms with E-state index >= 15 is 0 Å². The summed E-state index contributed by atoms with van der Waals surface area (Å²) in [4.78, 5) is 10.1. The van der Waals surface area contributed by atoms with Crippen LogP contribution >= 0.6 is 0 Å². The van der Waals surface area contributed by atoms with E-state index in [1.54, 1.807) is 12.1 Å². The predicted octanol–water partition coefficient (Wildman–Crippen LogP) is 5.23. The standard InChI is InChI=1S/C29H34N4O2S/c1-20(2)33-15-14-32(19-21(33)3)25-10-6-22(7-11-25)24-16-29-27(30-18-24)17-28(31(29)4)23-8-12-26(13-9-23)36(5,34)35/h6-13,16-18,20-21H,14-15,19H2,1-5H3. The molecule has 1 saturated heterocycles. The quantitative estimate of drug-likeness (QED) is 0.374. The molecule has 1 aliphatic heterocycles. The number of aryl methyl sites for hydroxylation is 1. The van der Waals surface area contributed by atoms with Gasteiger partial charge in [-0.2, -0.15) is 0 Å². The summed E-state index contributed by atoms with van der Waals surface area (Å²) in [5.41, 5.74) is 7.39. The zero-order chi connectivity index (χ0) is 25.6. The maximum Gasteiger partial charge on any atom is 0.175 e. The molecule has 0 spiro atoms. The van der Waals surface area contributed by atoms with Gasteiger partial charge in [0, 0.05) is 62.5 Å². The molecule has 2 aromatic carbocycles. The molecular formula is C29H34N4O2S. The molecule has 1 fully saturated rings. The van der Waals surface area contributed by atoms with Crippen molar-refractivity contribution in [3.63, 3.8) is 0 Å². The molecule has 2 aromatic heterocycles. The van der Waals surface area contributed by atoms with Gasteiger partial charge >= 0.3 is 0 Å². The van der Waals surface area contributed by atoms with Gasteiger partial charge in [-0.25, -0.2) is 8.42 Å². The van der Waals surface area contributed by atoms with Crippen molar-refractivity contribution in [3.05, 3.63) is 66.9 Å². The van der Waals surface area contributed by atoms with E-state index in [4.69, 9.17) is 4.98 Å². The van der Waals surface area contributed by atoms with E-state index in [0.29, 0.717) is 17.0 Å². The summed E-state index contributed by atoms with van der Waals surface area (Å²) in [5, 5.41) is 0. The zero-order valence-corrected chi connectivity index (χ0v) is 22.5. The van der Waals surface area contributed by atoms with Gasteiger partial charge in [0.1, 0.15) is 0 Å². The number of hydrogen-bond donors (Lipinski definition) is 0. The molecule has 4 aromatic rings. The van der Waals surface area contributed by atoms with Gasteiger partial charge < -0.3 is 9.47 Å². The molecule has 0 amide bonds. The summed E-state index contributed by atoms with van der Waals surface area (Å²) in [6.45, 7) is 10.0. The van der Waals surface area contributed by atoms with Crippen LogP contribution < -0.4 is 4.90 Å². The van der Waals surface area contributed by atoms with E-state index in [0.717, 1.165) is 53.1 Å². The first kappa shape index (κ1) is 24.5. The number of pyridine rings is 1. The Kier molecular flexibility index (Phi) is 6.39. The van der Waals surface area contributed by atoms with E-state index in [2.05, 4.69) is 71.5 Å². The summed E-state index contributed by atoms with van der Waals surface area (Å²) in [6, 6.07) is 21.2. The number of aromatic nitrogens is 2. The highest BCUT2D eigenvalue weighted by atomic mass is 32.2. The number of hydrogen-bond acceptors (Lipinski definition) is 5. The minimum Gasteiger partial charge on any atom is -0.369 e. The second kappa shape index (κ2) is 9.37. The molecule has 6 nitrogen and oxygen atoms in total. The fraction of sp³-hybridized carbons (Fsp3) is 0.345. The molecule has 7 heteroatoms. The van der Waals surface area contributed by atoms with Crippen LogP contribution in [-0.4, -0.2) is 60.8 Å². The Morgan fingerprint density at radius 1 is 0.917 bits per heavy atom. The van der Waals surface area contributed by atoms with Gasteiger partial charge in [-0.05, 0) is 68.3 Å². The second-order valence-corrected chi connectivity index (χ2v) is 12.2. The lowest BCUT2D eigenvalue weighted by atomic mass is 10.1. The van der Waals surface area contributed by atoms with Crippen molar-refractivity contribution in [1.29, 1.82) is 0 Å². The zero-order valence-electron chi connectivity index (χ0n) is 21.6. The molecule has 0 N–H and O–H groups in total. The Bertz CT molecular complexity index is 1490. The van der Waals surface area contributed by atoms with Crippen molar-refractivity contribution in [2.45, 2.75) is 37.8 Å². The predicted molar refractivity (Wildman–Crippen MR) is 148 cm³/mol. The lowest BCUT2D eigenvalue weighted by Crippen LogP contribution is -2.54. The fourth-order valence-corrected chi connectivity index (χ4v) is 5.98. The summed E-state index contributed by atoms with van der Waals surface area (Å²) in [5.74, 6) is 0. The Labute approximate surface area is 214 Å². The molecular weight excluding hydrogens is 468 g/mol. The topological polar surface area (TPSA) is 58.4 Å². The number of sulfone groups is 1. The highest BCUT2D eigenvalue weighted by Gasteiger charge is 2.25. The summed E-state index contributed by atoms with van der Waals surface area (Å²) >= 11 is 0. The molecule has 36 heavy (non-hydrogen) atoms. The number of nitrogens with zero attached hydrogens (tertiary/aromatic N) is 4. The van der Waals surface area contributed by atoms with Crippen molar-refractivity contribution in [2.75, 3.05) is 30.8 Å². The minimum atomic E-state index is -3.22. The third-order valence-electron chi connectivity index (χ3n) is 7.38. The van der Waals surface area contributed by atoms with Gasteiger partial charge in [-0.3, -0.25) is 9.88 Å². The van der Waals surface area contributed by atoms with Crippen molar-refractivity contribution < 1.29 is 8.42 Å². The van der Waals surface area contributed by atoms with Crippen molar-refractivity contribution in [1.82, 2.24) is 14.5 Å². The maximum atomic E-state index is 11.8. The highest BCUT2D eigenvalue weighted by molar-refractivity contribution is 7.90. The van der Waals surface area contributed by atoms with Gasteiger partial charge in [0.25, 0.3) is 0 Å². The van der Waals surface area contributed by atoms with Crippen LogP contribution in [0.25, 0.3) is 33.4 Å². The fourth-order valence-electron chi connectivity index (χ4n) is 5.35. The molecule has 0 saturated carbocycles. The molecule has 5 rings (SSSR count). The molecule has 0 radical (unpaired) electrons. The van der Waals surface area contributed by atoms with Crippen LogP contribution in [0.5, 0.6) is 0 Å². The second-order valence-electron chi connectivity index (χ2n) is 10.2. The molecule has 0 bridgehead atoms. The highest BCUT2D eigenvalue weighted by Crippen LogP contribution is 2.31. The first-order valence-electron chi connectivity index (χ1n) is 12.5. The largest absolute Gasteiger partial charge is 0.369 e. The minimum absolute atomic E-state index is 0.324. The number of rotatable bonds is 5. The molecule has 1 aliphatic rings.